The topological polar surface area (TPSA) is 66.4 Å². The number of rotatable bonds is 5. The summed E-state index contributed by atoms with van der Waals surface area (Å²) in [6, 6.07) is 11.6. The van der Waals surface area contributed by atoms with Gasteiger partial charge in [0.05, 0.1) is 4.90 Å². The molecule has 0 aliphatic carbocycles. The highest BCUT2D eigenvalue weighted by atomic mass is 32.2. The van der Waals surface area contributed by atoms with Gasteiger partial charge in [0.15, 0.2) is 0 Å². The zero-order chi connectivity index (χ0) is 14.8. The fourth-order valence-electron chi connectivity index (χ4n) is 1.79. The van der Waals surface area contributed by atoms with E-state index in [1.54, 1.807) is 36.4 Å². The SMILES string of the molecule is O=S(=O)(NCC(O)C(F)F)c1cccc2ccccc12. The van der Waals surface area contributed by atoms with Gasteiger partial charge in [-0.2, -0.15) is 0 Å². The molecule has 0 spiro atoms. The normalized spacial score (nSPS) is 13.8. The summed E-state index contributed by atoms with van der Waals surface area (Å²) in [7, 11) is -3.96. The van der Waals surface area contributed by atoms with Crippen LogP contribution in [0.15, 0.2) is 47.4 Å². The minimum Gasteiger partial charge on any atom is -0.386 e. The lowest BCUT2D eigenvalue weighted by Gasteiger charge is -2.12. The molecule has 0 saturated heterocycles. The van der Waals surface area contributed by atoms with Crippen molar-refractivity contribution in [2.24, 2.45) is 0 Å². The highest BCUT2D eigenvalue weighted by Crippen LogP contribution is 2.22. The van der Waals surface area contributed by atoms with E-state index in [0.717, 1.165) is 5.39 Å². The molecule has 108 valence electrons. The maximum atomic E-state index is 12.2. The van der Waals surface area contributed by atoms with Gasteiger partial charge < -0.3 is 5.11 Å². The number of fused-ring (bicyclic) bond motifs is 1. The van der Waals surface area contributed by atoms with Gasteiger partial charge in [-0.15, -0.1) is 0 Å². The third-order valence-corrected chi connectivity index (χ3v) is 4.29. The van der Waals surface area contributed by atoms with E-state index < -0.39 is 29.1 Å². The summed E-state index contributed by atoms with van der Waals surface area (Å²) in [5, 5.41) is 10.2. The van der Waals surface area contributed by atoms with Crippen molar-refractivity contribution in [3.8, 4) is 0 Å². The van der Waals surface area contributed by atoms with E-state index in [2.05, 4.69) is 0 Å². The van der Waals surface area contributed by atoms with Crippen LogP contribution in [0.1, 0.15) is 0 Å². The lowest BCUT2D eigenvalue weighted by molar-refractivity contribution is -0.000449. The monoisotopic (exact) mass is 301 g/mol. The third-order valence-electron chi connectivity index (χ3n) is 2.81. The van der Waals surface area contributed by atoms with Gasteiger partial charge in [0.2, 0.25) is 10.0 Å². The molecule has 0 amide bonds. The summed E-state index contributed by atoms with van der Waals surface area (Å²) in [4.78, 5) is -0.00272. The molecule has 0 radical (unpaired) electrons. The van der Waals surface area contributed by atoms with E-state index in [0.29, 0.717) is 5.39 Å². The van der Waals surface area contributed by atoms with Crippen molar-refractivity contribution in [3.05, 3.63) is 42.5 Å². The van der Waals surface area contributed by atoms with Crippen LogP contribution in [0, 0.1) is 0 Å². The molecule has 4 nitrogen and oxygen atoms in total. The molecule has 0 saturated carbocycles. The van der Waals surface area contributed by atoms with Crippen molar-refractivity contribution in [2.75, 3.05) is 6.54 Å². The standard InChI is InChI=1S/C13H13F2NO3S/c14-13(15)11(17)8-16-20(18,19)12-7-3-5-9-4-1-2-6-10(9)12/h1-7,11,13,16-17H,8H2. The van der Waals surface area contributed by atoms with Gasteiger partial charge in [-0.05, 0) is 11.5 Å². The first-order valence-electron chi connectivity index (χ1n) is 5.85. The average Bonchev–Trinajstić information content (AvgIpc) is 2.44. The van der Waals surface area contributed by atoms with Crippen LogP contribution in [0.3, 0.4) is 0 Å². The average molecular weight is 301 g/mol. The van der Waals surface area contributed by atoms with Crippen LogP contribution in [0.2, 0.25) is 0 Å². The zero-order valence-electron chi connectivity index (χ0n) is 10.3. The van der Waals surface area contributed by atoms with Crippen LogP contribution < -0.4 is 4.72 Å². The van der Waals surface area contributed by atoms with Crippen molar-refractivity contribution in [1.29, 1.82) is 0 Å². The Labute approximate surface area is 115 Å². The van der Waals surface area contributed by atoms with Crippen LogP contribution in [-0.4, -0.2) is 32.6 Å². The Kier molecular flexibility index (Phi) is 4.32. The summed E-state index contributed by atoms with van der Waals surface area (Å²) in [5.41, 5.74) is 0. The first kappa shape index (κ1) is 14.8. The molecule has 0 fully saturated rings. The highest BCUT2D eigenvalue weighted by Gasteiger charge is 2.22. The van der Waals surface area contributed by atoms with E-state index in [-0.39, 0.29) is 4.90 Å². The van der Waals surface area contributed by atoms with Crippen LogP contribution >= 0.6 is 0 Å². The third kappa shape index (κ3) is 3.12. The first-order chi connectivity index (χ1) is 9.42. The van der Waals surface area contributed by atoms with Crippen LogP contribution in [0.25, 0.3) is 10.8 Å². The number of nitrogens with one attached hydrogen (secondary N) is 1. The van der Waals surface area contributed by atoms with Gasteiger partial charge in [-0.3, -0.25) is 0 Å². The van der Waals surface area contributed by atoms with E-state index in [4.69, 9.17) is 5.11 Å². The lowest BCUT2D eigenvalue weighted by Crippen LogP contribution is -2.35. The number of hydrogen-bond acceptors (Lipinski definition) is 3. The summed E-state index contributed by atoms with van der Waals surface area (Å²) < 4.78 is 50.6. The molecule has 2 aromatic carbocycles. The molecule has 1 unspecified atom stereocenters. The number of alkyl halides is 2. The van der Waals surface area contributed by atoms with Crippen molar-refractivity contribution in [1.82, 2.24) is 4.72 Å². The molecule has 0 bridgehead atoms. The predicted molar refractivity (Wildman–Crippen MR) is 71.1 cm³/mol. The Morgan fingerprint density at radius 1 is 1.10 bits per heavy atom. The van der Waals surface area contributed by atoms with Crippen LogP contribution in [0.5, 0.6) is 0 Å². The Morgan fingerprint density at radius 3 is 2.45 bits per heavy atom. The lowest BCUT2D eigenvalue weighted by atomic mass is 10.1. The Morgan fingerprint density at radius 2 is 1.75 bits per heavy atom. The Hall–Kier alpha value is -1.57. The van der Waals surface area contributed by atoms with Gasteiger partial charge >= 0.3 is 0 Å². The molecule has 0 aliphatic heterocycles. The van der Waals surface area contributed by atoms with Crippen LogP contribution in [0.4, 0.5) is 8.78 Å². The van der Waals surface area contributed by atoms with Gasteiger partial charge in [-0.25, -0.2) is 21.9 Å². The minimum absolute atomic E-state index is 0.00272. The van der Waals surface area contributed by atoms with Gasteiger partial charge in [0.25, 0.3) is 6.43 Å². The summed E-state index contributed by atoms with van der Waals surface area (Å²) >= 11 is 0. The molecular weight excluding hydrogens is 288 g/mol. The van der Waals surface area contributed by atoms with E-state index in [1.165, 1.54) is 6.07 Å². The molecule has 2 N–H and O–H groups in total. The molecular formula is C13H13F2NO3S. The van der Waals surface area contributed by atoms with Crippen molar-refractivity contribution in [2.45, 2.75) is 17.4 Å². The van der Waals surface area contributed by atoms with Gasteiger partial charge in [0.1, 0.15) is 6.10 Å². The number of sulfonamides is 1. The molecule has 0 heterocycles. The minimum atomic E-state index is -3.96. The van der Waals surface area contributed by atoms with E-state index in [1.807, 2.05) is 4.72 Å². The number of hydrogen-bond donors (Lipinski definition) is 2. The highest BCUT2D eigenvalue weighted by molar-refractivity contribution is 7.89. The maximum Gasteiger partial charge on any atom is 0.265 e. The van der Waals surface area contributed by atoms with Crippen molar-refractivity contribution < 1.29 is 22.3 Å². The van der Waals surface area contributed by atoms with E-state index in [9.17, 15) is 17.2 Å². The molecule has 0 aliphatic rings. The molecule has 0 aromatic heterocycles. The van der Waals surface area contributed by atoms with Gasteiger partial charge in [-0.1, -0.05) is 36.4 Å². The summed E-state index contributed by atoms with van der Waals surface area (Å²) in [6.45, 7) is -0.733. The smallest absolute Gasteiger partial charge is 0.265 e. The van der Waals surface area contributed by atoms with Gasteiger partial charge in [0, 0.05) is 11.9 Å². The summed E-state index contributed by atoms with van der Waals surface area (Å²) in [6.07, 6.45) is -5.02. The van der Waals surface area contributed by atoms with Crippen molar-refractivity contribution >= 4 is 20.8 Å². The largest absolute Gasteiger partial charge is 0.386 e. The fraction of sp³-hybridized carbons (Fsp3) is 0.231. The van der Waals surface area contributed by atoms with E-state index >= 15 is 0 Å². The van der Waals surface area contributed by atoms with Crippen LogP contribution in [-0.2, 0) is 10.0 Å². The summed E-state index contributed by atoms with van der Waals surface area (Å²) in [5.74, 6) is 0. The molecule has 7 heteroatoms. The number of benzene rings is 2. The fourth-order valence-corrected chi connectivity index (χ4v) is 3.07. The second-order valence-corrected chi connectivity index (χ2v) is 5.97. The van der Waals surface area contributed by atoms with Crippen molar-refractivity contribution in [3.63, 3.8) is 0 Å². The number of aliphatic hydroxyl groups is 1. The quantitative estimate of drug-likeness (QED) is 0.884. The predicted octanol–water partition coefficient (Wildman–Crippen LogP) is 1.74. The maximum absolute atomic E-state index is 12.2. The first-order valence-corrected chi connectivity index (χ1v) is 7.34. The molecule has 20 heavy (non-hydrogen) atoms. The Bertz CT molecular complexity index is 698. The molecule has 1 atom stereocenters. The number of aliphatic hydroxyl groups excluding tert-OH is 1. The number of halogens is 2. The zero-order valence-corrected chi connectivity index (χ0v) is 11.1. The molecule has 2 rings (SSSR count). The Balaban J connectivity index is 2.33. The second kappa shape index (κ2) is 5.82. The molecule has 2 aromatic rings. The second-order valence-electron chi connectivity index (χ2n) is 4.23.